The second kappa shape index (κ2) is 5.99. The number of carbonyl (C=O) groups excluding carboxylic acids is 1. The van der Waals surface area contributed by atoms with Crippen molar-refractivity contribution in [3.8, 4) is 17.0 Å². The molecule has 0 aliphatic carbocycles. The number of nitrogens with two attached hydrogens (primary N) is 1. The fourth-order valence-electron chi connectivity index (χ4n) is 1.67. The van der Waals surface area contributed by atoms with E-state index in [-0.39, 0.29) is 5.69 Å². The largest absolute Gasteiger partial charge is 0.494 e. The van der Waals surface area contributed by atoms with Crippen LogP contribution in [0.25, 0.3) is 11.3 Å². The Hall–Kier alpha value is -2.37. The van der Waals surface area contributed by atoms with E-state index >= 15 is 0 Å². The number of aromatic amines is 1. The van der Waals surface area contributed by atoms with E-state index in [1.54, 1.807) is 0 Å². The molecular weight excluding hydrogens is 244 g/mol. The van der Waals surface area contributed by atoms with Crippen molar-refractivity contribution in [2.24, 2.45) is 5.73 Å². The SMILES string of the molecule is CCCCOc1cccc(-c2n[nH]nc2C(N)=O)c1. The summed E-state index contributed by atoms with van der Waals surface area (Å²) in [6.45, 7) is 2.77. The number of unbranched alkanes of at least 4 members (excludes halogenated alkanes) is 1. The molecule has 1 amide bonds. The number of primary amides is 1. The van der Waals surface area contributed by atoms with E-state index < -0.39 is 5.91 Å². The summed E-state index contributed by atoms with van der Waals surface area (Å²) in [5.74, 6) is 0.130. The summed E-state index contributed by atoms with van der Waals surface area (Å²) in [5.41, 5.74) is 6.56. The van der Waals surface area contributed by atoms with Crippen LogP contribution in [-0.4, -0.2) is 27.9 Å². The normalized spacial score (nSPS) is 10.4. The first-order chi connectivity index (χ1) is 9.22. The van der Waals surface area contributed by atoms with Crippen LogP contribution in [-0.2, 0) is 0 Å². The van der Waals surface area contributed by atoms with E-state index in [0.717, 1.165) is 24.2 Å². The molecule has 0 spiro atoms. The van der Waals surface area contributed by atoms with E-state index in [1.807, 2.05) is 24.3 Å². The zero-order valence-electron chi connectivity index (χ0n) is 10.7. The number of aromatic nitrogens is 3. The smallest absolute Gasteiger partial charge is 0.271 e. The predicted octanol–water partition coefficient (Wildman–Crippen LogP) is 1.75. The number of amides is 1. The number of carbonyl (C=O) groups is 1. The molecule has 6 heteroatoms. The lowest BCUT2D eigenvalue weighted by atomic mass is 10.1. The molecule has 6 nitrogen and oxygen atoms in total. The highest BCUT2D eigenvalue weighted by molar-refractivity contribution is 5.96. The molecule has 0 atom stereocenters. The van der Waals surface area contributed by atoms with E-state index in [4.69, 9.17) is 10.5 Å². The highest BCUT2D eigenvalue weighted by Crippen LogP contribution is 2.24. The number of rotatable bonds is 6. The monoisotopic (exact) mass is 260 g/mol. The van der Waals surface area contributed by atoms with Crippen LogP contribution in [0.4, 0.5) is 0 Å². The topological polar surface area (TPSA) is 93.9 Å². The maximum atomic E-state index is 11.2. The Morgan fingerprint density at radius 1 is 1.42 bits per heavy atom. The summed E-state index contributed by atoms with van der Waals surface area (Å²) >= 11 is 0. The molecule has 0 saturated carbocycles. The van der Waals surface area contributed by atoms with Crippen LogP contribution in [0.3, 0.4) is 0 Å². The lowest BCUT2D eigenvalue weighted by molar-refractivity contribution is 0.0996. The van der Waals surface area contributed by atoms with Gasteiger partial charge in [0.05, 0.1) is 6.61 Å². The first-order valence-electron chi connectivity index (χ1n) is 6.16. The highest BCUT2D eigenvalue weighted by atomic mass is 16.5. The summed E-state index contributed by atoms with van der Waals surface area (Å²) in [4.78, 5) is 11.2. The van der Waals surface area contributed by atoms with Gasteiger partial charge in [-0.3, -0.25) is 4.79 Å². The molecule has 2 aromatic rings. The van der Waals surface area contributed by atoms with E-state index in [1.165, 1.54) is 0 Å². The van der Waals surface area contributed by atoms with Gasteiger partial charge >= 0.3 is 0 Å². The Balaban J connectivity index is 2.22. The highest BCUT2D eigenvalue weighted by Gasteiger charge is 2.15. The van der Waals surface area contributed by atoms with Crippen LogP contribution in [0.5, 0.6) is 5.75 Å². The Morgan fingerprint density at radius 3 is 3.00 bits per heavy atom. The van der Waals surface area contributed by atoms with Crippen molar-refractivity contribution in [1.82, 2.24) is 15.4 Å². The molecule has 1 heterocycles. The van der Waals surface area contributed by atoms with Crippen molar-refractivity contribution < 1.29 is 9.53 Å². The average Bonchev–Trinajstić information content (AvgIpc) is 2.89. The fourth-order valence-corrected chi connectivity index (χ4v) is 1.67. The van der Waals surface area contributed by atoms with Gasteiger partial charge in [-0.25, -0.2) is 0 Å². The molecule has 3 N–H and O–H groups in total. The van der Waals surface area contributed by atoms with Crippen LogP contribution < -0.4 is 10.5 Å². The second-order valence-corrected chi connectivity index (χ2v) is 4.11. The third-order valence-corrected chi connectivity index (χ3v) is 2.66. The van der Waals surface area contributed by atoms with Crippen LogP contribution >= 0.6 is 0 Å². The Bertz CT molecular complexity index is 565. The number of nitrogens with one attached hydrogen (secondary N) is 1. The van der Waals surface area contributed by atoms with Gasteiger partial charge in [-0.1, -0.05) is 25.5 Å². The fraction of sp³-hybridized carbons (Fsp3) is 0.308. The Morgan fingerprint density at radius 2 is 2.26 bits per heavy atom. The number of nitrogens with zero attached hydrogens (tertiary/aromatic N) is 2. The number of hydrogen-bond donors (Lipinski definition) is 2. The van der Waals surface area contributed by atoms with Crippen molar-refractivity contribution in [1.29, 1.82) is 0 Å². The molecule has 0 unspecified atom stereocenters. The molecule has 0 fully saturated rings. The van der Waals surface area contributed by atoms with Gasteiger partial charge in [0, 0.05) is 5.56 Å². The van der Waals surface area contributed by atoms with Gasteiger partial charge in [0.15, 0.2) is 5.69 Å². The summed E-state index contributed by atoms with van der Waals surface area (Å²) in [6.07, 6.45) is 2.08. The lowest BCUT2D eigenvalue weighted by Crippen LogP contribution is -2.12. The van der Waals surface area contributed by atoms with Crippen LogP contribution in [0.2, 0.25) is 0 Å². The number of hydrogen-bond acceptors (Lipinski definition) is 4. The Kier molecular flexibility index (Phi) is 4.12. The third kappa shape index (κ3) is 3.09. The van der Waals surface area contributed by atoms with Gasteiger partial charge in [-0.05, 0) is 18.6 Å². The van der Waals surface area contributed by atoms with Gasteiger partial charge in [0.2, 0.25) is 0 Å². The summed E-state index contributed by atoms with van der Waals surface area (Å²) < 4.78 is 5.61. The maximum absolute atomic E-state index is 11.2. The molecule has 0 radical (unpaired) electrons. The predicted molar refractivity (Wildman–Crippen MR) is 70.7 cm³/mol. The number of benzene rings is 1. The average molecular weight is 260 g/mol. The molecular formula is C13H16N4O2. The van der Waals surface area contributed by atoms with Crippen molar-refractivity contribution >= 4 is 5.91 Å². The molecule has 19 heavy (non-hydrogen) atoms. The molecule has 0 saturated heterocycles. The van der Waals surface area contributed by atoms with Gasteiger partial charge < -0.3 is 10.5 Å². The molecule has 0 bridgehead atoms. The molecule has 0 aliphatic heterocycles. The zero-order valence-corrected chi connectivity index (χ0v) is 10.7. The van der Waals surface area contributed by atoms with Crippen molar-refractivity contribution in [2.45, 2.75) is 19.8 Å². The van der Waals surface area contributed by atoms with E-state index in [9.17, 15) is 4.79 Å². The standard InChI is InChI=1S/C13H16N4O2/c1-2-3-7-19-10-6-4-5-9(8-10)11-12(13(14)18)16-17-15-11/h4-6,8H,2-3,7H2,1H3,(H2,14,18)(H,15,16,17). The molecule has 1 aromatic heterocycles. The zero-order chi connectivity index (χ0) is 13.7. The van der Waals surface area contributed by atoms with Crippen molar-refractivity contribution in [3.05, 3.63) is 30.0 Å². The van der Waals surface area contributed by atoms with Gasteiger partial charge in [-0.2, -0.15) is 15.4 Å². The summed E-state index contributed by atoms with van der Waals surface area (Å²) in [6, 6.07) is 7.36. The molecule has 0 aliphatic rings. The van der Waals surface area contributed by atoms with Crippen LogP contribution in [0.1, 0.15) is 30.3 Å². The molecule has 2 rings (SSSR count). The van der Waals surface area contributed by atoms with Gasteiger partial charge in [0.1, 0.15) is 11.4 Å². The van der Waals surface area contributed by atoms with Crippen molar-refractivity contribution in [2.75, 3.05) is 6.61 Å². The lowest BCUT2D eigenvalue weighted by Gasteiger charge is -2.06. The van der Waals surface area contributed by atoms with E-state index in [2.05, 4.69) is 22.3 Å². The molecule has 1 aromatic carbocycles. The first-order valence-corrected chi connectivity index (χ1v) is 6.16. The Labute approximate surface area is 111 Å². The minimum absolute atomic E-state index is 0.130. The van der Waals surface area contributed by atoms with Crippen LogP contribution in [0, 0.1) is 0 Å². The van der Waals surface area contributed by atoms with Crippen molar-refractivity contribution in [3.63, 3.8) is 0 Å². The summed E-state index contributed by atoms with van der Waals surface area (Å²) in [5, 5.41) is 10.1. The minimum atomic E-state index is -0.610. The number of H-pyrrole nitrogens is 1. The second-order valence-electron chi connectivity index (χ2n) is 4.11. The quantitative estimate of drug-likeness (QED) is 0.774. The van der Waals surface area contributed by atoms with Gasteiger partial charge in [0.25, 0.3) is 5.91 Å². The third-order valence-electron chi connectivity index (χ3n) is 2.66. The van der Waals surface area contributed by atoms with Gasteiger partial charge in [-0.15, -0.1) is 0 Å². The molecule has 100 valence electrons. The van der Waals surface area contributed by atoms with Crippen LogP contribution in [0.15, 0.2) is 24.3 Å². The minimum Gasteiger partial charge on any atom is -0.494 e. The maximum Gasteiger partial charge on any atom is 0.271 e. The first kappa shape index (κ1) is 13.1. The van der Waals surface area contributed by atoms with E-state index in [0.29, 0.717) is 12.3 Å². The summed E-state index contributed by atoms with van der Waals surface area (Å²) in [7, 11) is 0. The number of ether oxygens (including phenoxy) is 1.